The molecule has 2 N–H and O–H groups in total. The monoisotopic (exact) mass is 276 g/mol. The third kappa shape index (κ3) is 3.81. The molecule has 1 aromatic rings. The maximum absolute atomic E-state index is 12.0. The first-order valence-corrected chi connectivity index (χ1v) is 6.93. The van der Waals surface area contributed by atoms with Crippen molar-refractivity contribution in [2.24, 2.45) is 0 Å². The molecule has 1 fully saturated rings. The number of amides is 2. The quantitative estimate of drug-likeness (QED) is 0.837. The fourth-order valence-electron chi connectivity index (χ4n) is 2.36. The van der Waals surface area contributed by atoms with Gasteiger partial charge in [0.25, 0.3) is 0 Å². The number of aliphatic hydroxyl groups is 1. The van der Waals surface area contributed by atoms with Crippen molar-refractivity contribution in [3.05, 3.63) is 35.9 Å². The average molecular weight is 276 g/mol. The molecule has 0 radical (unpaired) electrons. The van der Waals surface area contributed by atoms with Crippen LogP contribution < -0.4 is 5.32 Å². The minimum atomic E-state index is -0.427. The number of aliphatic hydroxyl groups excluding tert-OH is 1. The molecule has 5 nitrogen and oxygen atoms in total. The zero-order chi connectivity index (χ0) is 14.4. The van der Waals surface area contributed by atoms with Crippen LogP contribution in [0.4, 0.5) is 0 Å². The van der Waals surface area contributed by atoms with E-state index in [4.69, 9.17) is 0 Å². The Bertz CT molecular complexity index is 461. The molecule has 1 aliphatic rings. The predicted octanol–water partition coefficient (Wildman–Crippen LogP) is 0.849. The SMILES string of the molecule is O=C(CN1CCCCC1=O)NC(CO)c1ccccc1. The first-order valence-electron chi connectivity index (χ1n) is 6.93. The number of nitrogens with zero attached hydrogens (tertiary/aromatic N) is 1. The summed E-state index contributed by atoms with van der Waals surface area (Å²) < 4.78 is 0. The molecular weight excluding hydrogens is 256 g/mol. The van der Waals surface area contributed by atoms with E-state index in [1.807, 2.05) is 30.3 Å². The molecule has 0 spiro atoms. The van der Waals surface area contributed by atoms with E-state index in [0.29, 0.717) is 13.0 Å². The van der Waals surface area contributed by atoms with Crippen molar-refractivity contribution in [1.82, 2.24) is 10.2 Å². The fraction of sp³-hybridized carbons (Fsp3) is 0.467. The van der Waals surface area contributed by atoms with Gasteiger partial charge in [0.15, 0.2) is 0 Å². The molecule has 108 valence electrons. The highest BCUT2D eigenvalue weighted by Crippen LogP contribution is 2.13. The molecule has 0 aromatic heterocycles. The smallest absolute Gasteiger partial charge is 0.240 e. The molecule has 5 heteroatoms. The number of piperidine rings is 1. The van der Waals surface area contributed by atoms with Gasteiger partial charge in [0, 0.05) is 13.0 Å². The maximum atomic E-state index is 12.0. The summed E-state index contributed by atoms with van der Waals surface area (Å²) in [5.74, 6) is -0.199. The van der Waals surface area contributed by atoms with E-state index in [1.165, 1.54) is 0 Å². The van der Waals surface area contributed by atoms with E-state index in [9.17, 15) is 14.7 Å². The van der Waals surface area contributed by atoms with Crippen molar-refractivity contribution in [2.45, 2.75) is 25.3 Å². The Morgan fingerprint density at radius 3 is 2.70 bits per heavy atom. The van der Waals surface area contributed by atoms with Crippen LogP contribution in [0, 0.1) is 0 Å². The number of hydrogen-bond acceptors (Lipinski definition) is 3. The second-order valence-corrected chi connectivity index (χ2v) is 4.99. The lowest BCUT2D eigenvalue weighted by Gasteiger charge is -2.27. The van der Waals surface area contributed by atoms with Crippen molar-refractivity contribution in [2.75, 3.05) is 19.7 Å². The summed E-state index contributed by atoms with van der Waals surface area (Å²) in [4.78, 5) is 25.2. The van der Waals surface area contributed by atoms with Crippen LogP contribution in [0.3, 0.4) is 0 Å². The van der Waals surface area contributed by atoms with Crippen LogP contribution in [0.5, 0.6) is 0 Å². The summed E-state index contributed by atoms with van der Waals surface area (Å²) in [6, 6.07) is 8.88. The number of rotatable bonds is 5. The van der Waals surface area contributed by atoms with E-state index >= 15 is 0 Å². The molecule has 1 aromatic carbocycles. The molecule has 1 atom stereocenters. The van der Waals surface area contributed by atoms with Gasteiger partial charge in [0.1, 0.15) is 0 Å². The first kappa shape index (κ1) is 14.5. The highest BCUT2D eigenvalue weighted by molar-refractivity contribution is 5.85. The van der Waals surface area contributed by atoms with Crippen molar-refractivity contribution < 1.29 is 14.7 Å². The van der Waals surface area contributed by atoms with E-state index in [2.05, 4.69) is 5.32 Å². The van der Waals surface area contributed by atoms with Crippen LogP contribution in [0.1, 0.15) is 30.9 Å². The number of carbonyl (C=O) groups excluding carboxylic acids is 2. The van der Waals surface area contributed by atoms with Gasteiger partial charge in [0.05, 0.1) is 19.2 Å². The molecule has 1 heterocycles. The number of carbonyl (C=O) groups is 2. The summed E-state index contributed by atoms with van der Waals surface area (Å²) in [6.45, 7) is 0.549. The highest BCUT2D eigenvalue weighted by atomic mass is 16.3. The molecule has 0 saturated carbocycles. The van der Waals surface area contributed by atoms with Crippen molar-refractivity contribution >= 4 is 11.8 Å². The Kier molecular flexibility index (Phi) is 5.12. The molecule has 1 unspecified atom stereocenters. The maximum Gasteiger partial charge on any atom is 0.240 e. The topological polar surface area (TPSA) is 69.6 Å². The third-order valence-electron chi connectivity index (χ3n) is 3.48. The lowest BCUT2D eigenvalue weighted by atomic mass is 10.1. The van der Waals surface area contributed by atoms with Gasteiger partial charge in [-0.25, -0.2) is 0 Å². The normalized spacial score (nSPS) is 16.9. The van der Waals surface area contributed by atoms with Crippen LogP contribution in [0.15, 0.2) is 30.3 Å². The van der Waals surface area contributed by atoms with E-state index in [1.54, 1.807) is 4.90 Å². The van der Waals surface area contributed by atoms with E-state index in [-0.39, 0.29) is 25.0 Å². The van der Waals surface area contributed by atoms with Gasteiger partial charge >= 0.3 is 0 Å². The van der Waals surface area contributed by atoms with Crippen LogP contribution in [0.2, 0.25) is 0 Å². The molecule has 2 rings (SSSR count). The molecule has 0 bridgehead atoms. The number of nitrogens with one attached hydrogen (secondary N) is 1. The summed E-state index contributed by atoms with van der Waals surface area (Å²) in [5.41, 5.74) is 0.855. The number of benzene rings is 1. The summed E-state index contributed by atoms with van der Waals surface area (Å²) >= 11 is 0. The second kappa shape index (κ2) is 7.05. The molecule has 1 saturated heterocycles. The fourth-order valence-corrected chi connectivity index (χ4v) is 2.36. The average Bonchev–Trinajstić information content (AvgIpc) is 2.48. The van der Waals surface area contributed by atoms with Crippen LogP contribution >= 0.6 is 0 Å². The number of likely N-dealkylation sites (tertiary alicyclic amines) is 1. The number of hydrogen-bond donors (Lipinski definition) is 2. The minimum absolute atomic E-state index is 0.0339. The lowest BCUT2D eigenvalue weighted by Crippen LogP contribution is -2.44. The van der Waals surface area contributed by atoms with Gasteiger partial charge in [-0.2, -0.15) is 0 Å². The van der Waals surface area contributed by atoms with Crippen molar-refractivity contribution in [3.8, 4) is 0 Å². The Morgan fingerprint density at radius 1 is 1.30 bits per heavy atom. The first-order chi connectivity index (χ1) is 9.70. The lowest BCUT2D eigenvalue weighted by molar-refractivity contribution is -0.138. The summed E-state index contributed by atoms with van der Waals surface area (Å²) in [6.07, 6.45) is 2.37. The van der Waals surface area contributed by atoms with Crippen molar-refractivity contribution in [3.63, 3.8) is 0 Å². The van der Waals surface area contributed by atoms with Gasteiger partial charge in [-0.3, -0.25) is 9.59 Å². The summed E-state index contributed by atoms with van der Waals surface area (Å²) in [7, 11) is 0. The minimum Gasteiger partial charge on any atom is -0.394 e. The Balaban J connectivity index is 1.91. The zero-order valence-corrected chi connectivity index (χ0v) is 11.4. The van der Waals surface area contributed by atoms with Gasteiger partial charge in [-0.05, 0) is 18.4 Å². The standard InChI is InChI=1S/C15H20N2O3/c18-11-13(12-6-2-1-3-7-12)16-14(19)10-17-9-5-4-8-15(17)20/h1-3,6-7,13,18H,4-5,8-11H2,(H,16,19). The Morgan fingerprint density at radius 2 is 2.05 bits per heavy atom. The highest BCUT2D eigenvalue weighted by Gasteiger charge is 2.21. The summed E-state index contributed by atoms with van der Waals surface area (Å²) in [5, 5.41) is 12.2. The van der Waals surface area contributed by atoms with Gasteiger partial charge in [-0.1, -0.05) is 30.3 Å². The van der Waals surface area contributed by atoms with Gasteiger partial charge in [0.2, 0.25) is 11.8 Å². The largest absolute Gasteiger partial charge is 0.394 e. The van der Waals surface area contributed by atoms with Crippen LogP contribution in [-0.2, 0) is 9.59 Å². The van der Waals surface area contributed by atoms with Gasteiger partial charge in [-0.15, -0.1) is 0 Å². The van der Waals surface area contributed by atoms with Gasteiger partial charge < -0.3 is 15.3 Å². The van der Waals surface area contributed by atoms with E-state index in [0.717, 1.165) is 18.4 Å². The second-order valence-electron chi connectivity index (χ2n) is 4.99. The van der Waals surface area contributed by atoms with Crippen LogP contribution in [0.25, 0.3) is 0 Å². The third-order valence-corrected chi connectivity index (χ3v) is 3.48. The molecule has 0 aliphatic carbocycles. The molecule has 20 heavy (non-hydrogen) atoms. The van der Waals surface area contributed by atoms with E-state index < -0.39 is 6.04 Å². The molecular formula is C15H20N2O3. The molecule has 1 aliphatic heterocycles. The predicted molar refractivity (Wildman–Crippen MR) is 74.8 cm³/mol. The van der Waals surface area contributed by atoms with Crippen molar-refractivity contribution in [1.29, 1.82) is 0 Å². The zero-order valence-electron chi connectivity index (χ0n) is 11.4. The molecule has 2 amide bonds. The van der Waals surface area contributed by atoms with Crippen LogP contribution in [-0.4, -0.2) is 41.5 Å². The Labute approximate surface area is 118 Å². The Hall–Kier alpha value is -1.88.